The molecule has 1 heterocycles. The van der Waals surface area contributed by atoms with Crippen molar-refractivity contribution in [2.75, 3.05) is 12.8 Å². The Bertz CT molecular complexity index is 407. The predicted molar refractivity (Wildman–Crippen MR) is 73.7 cm³/mol. The normalized spacial score (nSPS) is 23.2. The molecule has 0 saturated heterocycles. The van der Waals surface area contributed by atoms with Crippen molar-refractivity contribution >= 4 is 17.7 Å². The molecule has 0 radical (unpaired) electrons. The molecule has 1 aliphatic rings. The van der Waals surface area contributed by atoms with Gasteiger partial charge in [0.25, 0.3) is 5.91 Å². The fourth-order valence-corrected chi connectivity index (χ4v) is 3.09. The minimum absolute atomic E-state index is 0.0717. The van der Waals surface area contributed by atoms with Crippen molar-refractivity contribution < 1.29 is 4.79 Å². The molecule has 1 amide bonds. The van der Waals surface area contributed by atoms with E-state index in [1.807, 2.05) is 16.3 Å². The molecule has 2 atom stereocenters. The average Bonchev–Trinajstić information content (AvgIpc) is 2.98. The van der Waals surface area contributed by atoms with E-state index < -0.39 is 0 Å². The van der Waals surface area contributed by atoms with Crippen LogP contribution in [0.5, 0.6) is 0 Å². The third-order valence-corrected chi connectivity index (χ3v) is 4.40. The summed E-state index contributed by atoms with van der Waals surface area (Å²) in [5.74, 6) is -0.0717. The molecule has 1 fully saturated rings. The summed E-state index contributed by atoms with van der Waals surface area (Å²) >= 11 is 1.88. The van der Waals surface area contributed by atoms with Gasteiger partial charge in [0, 0.05) is 30.6 Å². The molecule has 6 heteroatoms. The molecule has 1 aliphatic carbocycles. The molecule has 0 aromatic carbocycles. The second kappa shape index (κ2) is 6.24. The number of amides is 1. The molecular weight excluding hydrogens is 248 g/mol. The number of hydrogen-bond acceptors (Lipinski definition) is 4. The first-order chi connectivity index (χ1) is 8.72. The van der Waals surface area contributed by atoms with E-state index in [2.05, 4.69) is 16.6 Å². The van der Waals surface area contributed by atoms with Gasteiger partial charge in [-0.05, 0) is 25.5 Å². The van der Waals surface area contributed by atoms with Crippen molar-refractivity contribution in [2.45, 2.75) is 37.1 Å². The highest BCUT2D eigenvalue weighted by atomic mass is 32.2. The number of thioether (sulfide) groups is 1. The molecule has 100 valence electrons. The number of carbonyl (C=O) groups excluding carboxylic acids is 1. The monoisotopic (exact) mass is 268 g/mol. The molecule has 2 rings (SSSR count). The van der Waals surface area contributed by atoms with E-state index in [1.54, 1.807) is 12.5 Å². The van der Waals surface area contributed by atoms with Crippen LogP contribution in [0.2, 0.25) is 0 Å². The van der Waals surface area contributed by atoms with Crippen LogP contribution in [0.3, 0.4) is 0 Å². The van der Waals surface area contributed by atoms with Crippen molar-refractivity contribution in [3.63, 3.8) is 0 Å². The third kappa shape index (κ3) is 3.26. The Balaban J connectivity index is 1.87. The number of nitrogens with zero attached hydrogens (tertiary/aromatic N) is 2. The highest BCUT2D eigenvalue weighted by molar-refractivity contribution is 7.99. The van der Waals surface area contributed by atoms with Crippen molar-refractivity contribution in [1.82, 2.24) is 14.9 Å². The molecule has 3 N–H and O–H groups in total. The van der Waals surface area contributed by atoms with Gasteiger partial charge in [0.1, 0.15) is 5.69 Å². The summed E-state index contributed by atoms with van der Waals surface area (Å²) in [5, 5.41) is 3.74. The van der Waals surface area contributed by atoms with E-state index in [1.165, 1.54) is 6.42 Å². The van der Waals surface area contributed by atoms with Crippen molar-refractivity contribution in [3.05, 3.63) is 18.2 Å². The van der Waals surface area contributed by atoms with E-state index in [9.17, 15) is 4.79 Å². The molecule has 1 aromatic heterocycles. The maximum atomic E-state index is 12.0. The number of nitrogens with one attached hydrogen (secondary N) is 1. The molecule has 0 spiro atoms. The van der Waals surface area contributed by atoms with Crippen LogP contribution >= 0.6 is 11.8 Å². The number of carbonyl (C=O) groups is 1. The van der Waals surface area contributed by atoms with Gasteiger partial charge in [-0.2, -0.15) is 11.8 Å². The van der Waals surface area contributed by atoms with Crippen molar-refractivity contribution in [3.8, 4) is 0 Å². The Hall–Kier alpha value is -1.01. The molecule has 5 nitrogen and oxygen atoms in total. The Morgan fingerprint density at radius 2 is 2.50 bits per heavy atom. The number of imidazole rings is 1. The number of rotatable bonds is 5. The van der Waals surface area contributed by atoms with Crippen LogP contribution < -0.4 is 11.1 Å². The summed E-state index contributed by atoms with van der Waals surface area (Å²) in [6.45, 7) is 1.24. The van der Waals surface area contributed by atoms with Gasteiger partial charge >= 0.3 is 0 Å². The Labute approximate surface area is 112 Å². The number of nitrogens with two attached hydrogens (primary N) is 1. The minimum atomic E-state index is -0.0717. The summed E-state index contributed by atoms with van der Waals surface area (Å²) in [7, 11) is 0. The van der Waals surface area contributed by atoms with Gasteiger partial charge in [-0.25, -0.2) is 4.98 Å². The van der Waals surface area contributed by atoms with E-state index in [4.69, 9.17) is 5.73 Å². The first-order valence-corrected chi connectivity index (χ1v) is 7.57. The van der Waals surface area contributed by atoms with Gasteiger partial charge in [0.15, 0.2) is 0 Å². The summed E-state index contributed by atoms with van der Waals surface area (Å²) < 4.78 is 1.84. The van der Waals surface area contributed by atoms with E-state index >= 15 is 0 Å². The van der Waals surface area contributed by atoms with Crippen LogP contribution in [0.15, 0.2) is 12.5 Å². The second-order valence-corrected chi connectivity index (χ2v) is 5.76. The van der Waals surface area contributed by atoms with Crippen LogP contribution in [0.4, 0.5) is 0 Å². The van der Waals surface area contributed by atoms with Gasteiger partial charge in [-0.15, -0.1) is 0 Å². The summed E-state index contributed by atoms with van der Waals surface area (Å²) in [6.07, 6.45) is 8.86. The highest BCUT2D eigenvalue weighted by Gasteiger charge is 2.25. The van der Waals surface area contributed by atoms with Gasteiger partial charge in [-0.1, -0.05) is 0 Å². The lowest BCUT2D eigenvalue weighted by molar-refractivity contribution is 0.0933. The van der Waals surface area contributed by atoms with E-state index in [-0.39, 0.29) is 5.91 Å². The second-order valence-electron chi connectivity index (χ2n) is 4.63. The molecule has 1 saturated carbocycles. The predicted octanol–water partition coefficient (Wildman–Crippen LogP) is 0.856. The minimum Gasteiger partial charge on any atom is -0.348 e. The van der Waals surface area contributed by atoms with Crippen molar-refractivity contribution in [1.29, 1.82) is 0 Å². The lowest BCUT2D eigenvalue weighted by Crippen LogP contribution is -2.33. The van der Waals surface area contributed by atoms with Crippen LogP contribution in [0, 0.1) is 0 Å². The fourth-order valence-electron chi connectivity index (χ4n) is 2.29. The van der Waals surface area contributed by atoms with Gasteiger partial charge in [-0.3, -0.25) is 4.79 Å². The lowest BCUT2D eigenvalue weighted by Gasteiger charge is -2.11. The molecule has 0 bridgehead atoms. The summed E-state index contributed by atoms with van der Waals surface area (Å²) in [6, 6.07) is 0.301. The van der Waals surface area contributed by atoms with E-state index in [0.29, 0.717) is 30.1 Å². The Kier molecular flexibility index (Phi) is 4.66. The molecule has 2 unspecified atom stereocenters. The Morgan fingerprint density at radius 1 is 1.67 bits per heavy atom. The zero-order valence-electron chi connectivity index (χ0n) is 10.6. The van der Waals surface area contributed by atoms with Crippen LogP contribution in [0.25, 0.3) is 0 Å². The Morgan fingerprint density at radius 3 is 3.17 bits per heavy atom. The first-order valence-electron chi connectivity index (χ1n) is 6.28. The zero-order chi connectivity index (χ0) is 13.0. The van der Waals surface area contributed by atoms with Crippen molar-refractivity contribution in [2.24, 2.45) is 5.73 Å². The third-order valence-electron chi connectivity index (χ3n) is 3.31. The maximum absolute atomic E-state index is 12.0. The SMILES string of the molecule is CSC1CCC(NC(=O)c2cn(CCN)cn2)C1. The van der Waals surface area contributed by atoms with Crippen LogP contribution in [-0.2, 0) is 6.54 Å². The molecule has 18 heavy (non-hydrogen) atoms. The molecule has 0 aliphatic heterocycles. The molecular formula is C12H20N4OS. The van der Waals surface area contributed by atoms with Crippen LogP contribution in [-0.4, -0.2) is 39.6 Å². The first kappa shape index (κ1) is 13.4. The highest BCUT2D eigenvalue weighted by Crippen LogP contribution is 2.28. The number of aromatic nitrogens is 2. The smallest absolute Gasteiger partial charge is 0.271 e. The maximum Gasteiger partial charge on any atom is 0.271 e. The lowest BCUT2D eigenvalue weighted by atomic mass is 10.2. The van der Waals surface area contributed by atoms with Gasteiger partial charge < -0.3 is 15.6 Å². The summed E-state index contributed by atoms with van der Waals surface area (Å²) in [4.78, 5) is 16.1. The average molecular weight is 268 g/mol. The number of hydrogen-bond donors (Lipinski definition) is 2. The zero-order valence-corrected chi connectivity index (χ0v) is 11.4. The molecule has 1 aromatic rings. The fraction of sp³-hybridized carbons (Fsp3) is 0.667. The largest absolute Gasteiger partial charge is 0.348 e. The standard InChI is InChI=1S/C12H20N4OS/c1-18-10-3-2-9(6-10)15-12(17)11-7-16(5-4-13)8-14-11/h7-10H,2-6,13H2,1H3,(H,15,17). The van der Waals surface area contributed by atoms with Gasteiger partial charge in [0.2, 0.25) is 0 Å². The summed E-state index contributed by atoms with van der Waals surface area (Å²) in [5.41, 5.74) is 5.94. The van der Waals surface area contributed by atoms with E-state index in [0.717, 1.165) is 12.8 Å². The van der Waals surface area contributed by atoms with Gasteiger partial charge in [0.05, 0.1) is 6.33 Å². The quantitative estimate of drug-likeness (QED) is 0.830. The van der Waals surface area contributed by atoms with Crippen LogP contribution in [0.1, 0.15) is 29.8 Å². The topological polar surface area (TPSA) is 72.9 Å².